The maximum atomic E-state index is 10.8. The van der Waals surface area contributed by atoms with Gasteiger partial charge in [0.25, 0.3) is 0 Å². The third kappa shape index (κ3) is 2.13. The maximum absolute atomic E-state index is 10.8. The summed E-state index contributed by atoms with van der Waals surface area (Å²) in [4.78, 5) is 17.3. The largest absolute Gasteiger partial charge is 0.306 e. The highest BCUT2D eigenvalue weighted by Gasteiger charge is 2.41. The molecular formula is C16H20N2O. The number of carbonyl (C=O) groups excluding carboxylic acids is 1. The summed E-state index contributed by atoms with van der Waals surface area (Å²) >= 11 is 0. The Hall–Kier alpha value is -1.44. The van der Waals surface area contributed by atoms with Crippen LogP contribution in [0, 0.1) is 0 Å². The highest BCUT2D eigenvalue weighted by molar-refractivity contribution is 5.44. The summed E-state index contributed by atoms with van der Waals surface area (Å²) in [6.45, 7) is 2.26. The second-order valence-corrected chi connectivity index (χ2v) is 5.92. The Morgan fingerprint density at radius 3 is 2.74 bits per heavy atom. The predicted octanol–water partition coefficient (Wildman–Crippen LogP) is 2.82. The number of likely N-dealkylation sites (N-methyl/N-ethyl adjacent to an activating group) is 1. The van der Waals surface area contributed by atoms with Crippen LogP contribution in [0.25, 0.3) is 0 Å². The zero-order valence-electron chi connectivity index (χ0n) is 11.4. The molecule has 1 saturated heterocycles. The van der Waals surface area contributed by atoms with Crippen LogP contribution < -0.4 is 0 Å². The molecular weight excluding hydrogens is 236 g/mol. The van der Waals surface area contributed by atoms with Gasteiger partial charge in [-0.15, -0.1) is 0 Å². The van der Waals surface area contributed by atoms with Gasteiger partial charge >= 0.3 is 0 Å². The van der Waals surface area contributed by atoms with Crippen LogP contribution in [0.2, 0.25) is 0 Å². The molecule has 0 bridgehead atoms. The van der Waals surface area contributed by atoms with Crippen LogP contribution in [0.3, 0.4) is 0 Å². The average molecular weight is 256 g/mol. The molecule has 2 fully saturated rings. The van der Waals surface area contributed by atoms with Crippen LogP contribution in [0.15, 0.2) is 29.3 Å². The first-order chi connectivity index (χ1) is 9.25. The monoisotopic (exact) mass is 256 g/mol. The minimum atomic E-state index is -0.264. The van der Waals surface area contributed by atoms with E-state index in [0.717, 1.165) is 32.4 Å². The van der Waals surface area contributed by atoms with Crippen LogP contribution in [0.5, 0.6) is 0 Å². The second-order valence-electron chi connectivity index (χ2n) is 5.92. The summed E-state index contributed by atoms with van der Waals surface area (Å²) < 4.78 is 0. The average Bonchev–Trinajstić information content (AvgIpc) is 2.81. The number of hydrogen-bond acceptors (Lipinski definition) is 3. The topological polar surface area (TPSA) is 32.7 Å². The van der Waals surface area contributed by atoms with Gasteiger partial charge in [0.15, 0.2) is 0 Å². The zero-order valence-corrected chi connectivity index (χ0v) is 11.4. The molecule has 3 rings (SSSR count). The number of hydrogen-bond donors (Lipinski definition) is 0. The number of isocyanates is 1. The second kappa shape index (κ2) is 4.92. The van der Waals surface area contributed by atoms with Gasteiger partial charge in [-0.2, -0.15) is 4.99 Å². The molecule has 100 valence electrons. The van der Waals surface area contributed by atoms with E-state index in [4.69, 9.17) is 0 Å². The van der Waals surface area contributed by atoms with Gasteiger partial charge in [0, 0.05) is 6.54 Å². The lowest BCUT2D eigenvalue weighted by Crippen LogP contribution is -2.33. The summed E-state index contributed by atoms with van der Waals surface area (Å²) in [6.07, 6.45) is 6.14. The van der Waals surface area contributed by atoms with Crippen LogP contribution in [-0.2, 0) is 10.3 Å². The fourth-order valence-corrected chi connectivity index (χ4v) is 3.51. The van der Waals surface area contributed by atoms with E-state index >= 15 is 0 Å². The third-order valence-corrected chi connectivity index (χ3v) is 4.73. The SMILES string of the molecule is CN1CCC(c2ccccc2C2(N=C=O)CCC2)C1. The standard InChI is InChI=1S/C16H20N2O/c1-18-10-7-13(11-18)14-5-2-3-6-15(14)16(17-12-19)8-4-9-16/h2-3,5-6,13H,4,7-11H2,1H3. The van der Waals surface area contributed by atoms with Gasteiger partial charge in [0.2, 0.25) is 6.08 Å². The Morgan fingerprint density at radius 2 is 2.16 bits per heavy atom. The number of aliphatic imine (C=N–C) groups is 1. The molecule has 0 radical (unpaired) electrons. The first kappa shape index (κ1) is 12.6. The van der Waals surface area contributed by atoms with Gasteiger partial charge < -0.3 is 4.90 Å². The molecule has 1 heterocycles. The summed E-state index contributed by atoms with van der Waals surface area (Å²) in [6, 6.07) is 8.55. The molecule has 0 amide bonds. The van der Waals surface area contributed by atoms with Crippen molar-refractivity contribution in [2.45, 2.75) is 37.1 Å². The molecule has 1 unspecified atom stereocenters. The van der Waals surface area contributed by atoms with Crippen molar-refractivity contribution in [2.24, 2.45) is 4.99 Å². The van der Waals surface area contributed by atoms with Gasteiger partial charge in [0.1, 0.15) is 0 Å². The van der Waals surface area contributed by atoms with Crippen LogP contribution in [0.1, 0.15) is 42.7 Å². The Labute approximate surface area is 114 Å². The summed E-state index contributed by atoms with van der Waals surface area (Å²) in [5, 5.41) is 0. The number of benzene rings is 1. The van der Waals surface area contributed by atoms with Gasteiger partial charge in [-0.3, -0.25) is 0 Å². The van der Waals surface area contributed by atoms with Crippen LogP contribution in [0.4, 0.5) is 0 Å². The van der Waals surface area contributed by atoms with Gasteiger partial charge in [-0.1, -0.05) is 24.3 Å². The normalized spacial score (nSPS) is 25.6. The van der Waals surface area contributed by atoms with E-state index in [1.54, 1.807) is 6.08 Å². The summed E-state index contributed by atoms with van der Waals surface area (Å²) in [5.74, 6) is 0.584. The smallest absolute Gasteiger partial charge is 0.235 e. The lowest BCUT2D eigenvalue weighted by molar-refractivity contribution is 0.253. The third-order valence-electron chi connectivity index (χ3n) is 4.73. The molecule has 1 aliphatic carbocycles. The van der Waals surface area contributed by atoms with Crippen molar-refractivity contribution >= 4 is 6.08 Å². The van der Waals surface area contributed by atoms with E-state index in [1.165, 1.54) is 17.5 Å². The highest BCUT2D eigenvalue weighted by atomic mass is 16.1. The van der Waals surface area contributed by atoms with Crippen molar-refractivity contribution < 1.29 is 4.79 Å². The van der Waals surface area contributed by atoms with Gasteiger partial charge in [-0.05, 0) is 56.3 Å². The van der Waals surface area contributed by atoms with Crippen LogP contribution >= 0.6 is 0 Å². The fourth-order valence-electron chi connectivity index (χ4n) is 3.51. The van der Waals surface area contributed by atoms with Gasteiger partial charge in [0.05, 0.1) is 5.54 Å². The van der Waals surface area contributed by atoms with E-state index < -0.39 is 0 Å². The molecule has 1 saturated carbocycles. The van der Waals surface area contributed by atoms with Crippen molar-refractivity contribution in [1.29, 1.82) is 0 Å². The Bertz CT molecular complexity index is 515. The zero-order chi connectivity index (χ0) is 13.3. The molecule has 1 atom stereocenters. The maximum Gasteiger partial charge on any atom is 0.235 e. The molecule has 0 aromatic heterocycles. The lowest BCUT2D eigenvalue weighted by Gasteiger charge is -2.39. The van der Waals surface area contributed by atoms with Crippen molar-refractivity contribution in [3.8, 4) is 0 Å². The quantitative estimate of drug-likeness (QED) is 0.615. The molecule has 1 aromatic carbocycles. The first-order valence-electron chi connectivity index (χ1n) is 7.12. The molecule has 19 heavy (non-hydrogen) atoms. The van der Waals surface area contributed by atoms with E-state index in [1.807, 2.05) is 0 Å². The summed E-state index contributed by atoms with van der Waals surface area (Å²) in [5.41, 5.74) is 2.40. The lowest BCUT2D eigenvalue weighted by atomic mass is 9.69. The Kier molecular flexibility index (Phi) is 3.26. The molecule has 2 aliphatic rings. The summed E-state index contributed by atoms with van der Waals surface area (Å²) in [7, 11) is 2.17. The predicted molar refractivity (Wildman–Crippen MR) is 74.9 cm³/mol. The Morgan fingerprint density at radius 1 is 1.37 bits per heavy atom. The fraction of sp³-hybridized carbons (Fsp3) is 0.562. The van der Waals surface area contributed by atoms with E-state index in [2.05, 4.69) is 41.2 Å². The van der Waals surface area contributed by atoms with Gasteiger partial charge in [-0.25, -0.2) is 4.79 Å². The van der Waals surface area contributed by atoms with E-state index in [-0.39, 0.29) is 5.54 Å². The minimum Gasteiger partial charge on any atom is -0.306 e. The number of nitrogens with zero attached hydrogens (tertiary/aromatic N) is 2. The first-order valence-corrected chi connectivity index (χ1v) is 7.12. The van der Waals surface area contributed by atoms with Crippen molar-refractivity contribution in [3.05, 3.63) is 35.4 Å². The van der Waals surface area contributed by atoms with Crippen molar-refractivity contribution in [2.75, 3.05) is 20.1 Å². The highest BCUT2D eigenvalue weighted by Crippen LogP contribution is 2.47. The molecule has 3 heteroatoms. The molecule has 3 nitrogen and oxygen atoms in total. The van der Waals surface area contributed by atoms with Crippen molar-refractivity contribution in [3.63, 3.8) is 0 Å². The molecule has 0 N–H and O–H groups in total. The molecule has 0 spiro atoms. The van der Waals surface area contributed by atoms with Crippen LogP contribution in [-0.4, -0.2) is 31.1 Å². The molecule has 1 aliphatic heterocycles. The molecule has 1 aromatic rings. The number of rotatable bonds is 3. The van der Waals surface area contributed by atoms with E-state index in [9.17, 15) is 4.79 Å². The number of likely N-dealkylation sites (tertiary alicyclic amines) is 1. The van der Waals surface area contributed by atoms with E-state index in [0.29, 0.717) is 5.92 Å². The van der Waals surface area contributed by atoms with Crippen molar-refractivity contribution in [1.82, 2.24) is 4.90 Å². The Balaban J connectivity index is 1.99. The minimum absolute atomic E-state index is 0.264.